The minimum absolute atomic E-state index is 0.622. The molecule has 6 heteroatoms. The zero-order valence-electron chi connectivity index (χ0n) is 14.0. The molecule has 0 aliphatic rings. The van der Waals surface area contributed by atoms with E-state index in [9.17, 15) is 4.79 Å². The number of para-hydroxylation sites is 1. The van der Waals surface area contributed by atoms with Gasteiger partial charge in [0.25, 0.3) is 0 Å². The van der Waals surface area contributed by atoms with Crippen LogP contribution in [0.5, 0.6) is 0 Å². The van der Waals surface area contributed by atoms with Gasteiger partial charge in [-0.2, -0.15) is 10.2 Å². The second-order valence-electron chi connectivity index (χ2n) is 5.44. The number of carbonyl (C=O) groups excluding carboxylic acids is 1. The van der Waals surface area contributed by atoms with Crippen LogP contribution in [0.1, 0.15) is 11.1 Å². The minimum atomic E-state index is -0.622. The van der Waals surface area contributed by atoms with Crippen LogP contribution in [0, 0.1) is 6.92 Å². The van der Waals surface area contributed by atoms with Crippen molar-refractivity contribution in [1.82, 2.24) is 15.2 Å². The van der Waals surface area contributed by atoms with E-state index in [1.807, 2.05) is 67.7 Å². The van der Waals surface area contributed by atoms with E-state index in [1.54, 1.807) is 10.9 Å². The van der Waals surface area contributed by atoms with Gasteiger partial charge >= 0.3 is 6.09 Å². The van der Waals surface area contributed by atoms with Gasteiger partial charge in [0.2, 0.25) is 0 Å². The Kier molecular flexibility index (Phi) is 4.89. The first-order valence-electron chi connectivity index (χ1n) is 7.76. The molecule has 0 bridgehead atoms. The number of aromatic nitrogens is 2. The summed E-state index contributed by atoms with van der Waals surface area (Å²) < 4.78 is 6.29. The Morgan fingerprint density at radius 2 is 1.88 bits per heavy atom. The van der Waals surface area contributed by atoms with Crippen LogP contribution in [-0.2, 0) is 4.74 Å². The molecule has 1 aromatic heterocycles. The minimum Gasteiger partial charge on any atom is -0.452 e. The molecule has 0 fully saturated rings. The number of ether oxygens (including phenoxy) is 1. The zero-order chi connectivity index (χ0) is 17.6. The van der Waals surface area contributed by atoms with Gasteiger partial charge in [0.15, 0.2) is 0 Å². The Morgan fingerprint density at radius 1 is 1.16 bits per heavy atom. The van der Waals surface area contributed by atoms with Crippen molar-refractivity contribution in [2.45, 2.75) is 6.92 Å². The quantitative estimate of drug-likeness (QED) is 0.586. The Labute approximate surface area is 145 Å². The van der Waals surface area contributed by atoms with Crippen LogP contribution in [0.15, 0.2) is 65.9 Å². The molecule has 1 heterocycles. The summed E-state index contributed by atoms with van der Waals surface area (Å²) in [6.45, 7) is 2.04. The Morgan fingerprint density at radius 3 is 2.56 bits per heavy atom. The maximum absolute atomic E-state index is 11.2. The molecule has 2 aromatic carbocycles. The first-order chi connectivity index (χ1) is 12.2. The van der Waals surface area contributed by atoms with Crippen molar-refractivity contribution in [2.24, 2.45) is 5.10 Å². The number of amides is 1. The summed E-state index contributed by atoms with van der Waals surface area (Å²) in [7, 11) is 1.29. The van der Waals surface area contributed by atoms with Crippen molar-refractivity contribution in [3.8, 4) is 16.9 Å². The molecule has 0 atom stereocenters. The summed E-state index contributed by atoms with van der Waals surface area (Å²) in [5.41, 5.74) is 6.94. The molecule has 0 saturated carbocycles. The van der Waals surface area contributed by atoms with Gasteiger partial charge in [0.1, 0.15) is 5.69 Å². The molecular weight excluding hydrogens is 316 g/mol. The van der Waals surface area contributed by atoms with E-state index in [2.05, 4.69) is 20.4 Å². The number of rotatable bonds is 4. The number of benzene rings is 2. The van der Waals surface area contributed by atoms with Crippen LogP contribution in [0.4, 0.5) is 4.79 Å². The largest absolute Gasteiger partial charge is 0.452 e. The predicted molar refractivity (Wildman–Crippen MR) is 96.9 cm³/mol. The number of hydrogen-bond donors (Lipinski definition) is 1. The van der Waals surface area contributed by atoms with Gasteiger partial charge in [-0.3, -0.25) is 0 Å². The lowest BCUT2D eigenvalue weighted by molar-refractivity contribution is 0.171. The Balaban J connectivity index is 2.00. The summed E-state index contributed by atoms with van der Waals surface area (Å²) in [5.74, 6) is 0. The topological polar surface area (TPSA) is 68.5 Å². The van der Waals surface area contributed by atoms with E-state index in [0.717, 1.165) is 22.5 Å². The normalized spacial score (nSPS) is 10.8. The molecular formula is C19H18N4O2. The molecule has 0 spiro atoms. The molecule has 0 aliphatic carbocycles. The number of nitrogens with zero attached hydrogens (tertiary/aromatic N) is 3. The van der Waals surface area contributed by atoms with Crippen molar-refractivity contribution >= 4 is 12.3 Å². The summed E-state index contributed by atoms with van der Waals surface area (Å²) in [6.07, 6.45) is 2.80. The monoisotopic (exact) mass is 334 g/mol. The standard InChI is InChI=1S/C19H18N4O2/c1-14-8-10-15(11-9-14)18-16(12-20-21-19(24)25-2)13-23(22-18)17-6-4-3-5-7-17/h3-13H,1-2H3,(H,21,24)/b20-12-. The van der Waals surface area contributed by atoms with Gasteiger partial charge in [0.05, 0.1) is 19.0 Å². The van der Waals surface area contributed by atoms with Crippen molar-refractivity contribution in [2.75, 3.05) is 7.11 Å². The molecule has 1 amide bonds. The average molecular weight is 334 g/mol. The van der Waals surface area contributed by atoms with Crippen molar-refractivity contribution < 1.29 is 9.53 Å². The maximum Gasteiger partial charge on any atom is 0.427 e. The van der Waals surface area contributed by atoms with E-state index in [1.165, 1.54) is 12.7 Å². The van der Waals surface area contributed by atoms with Crippen LogP contribution >= 0.6 is 0 Å². The van der Waals surface area contributed by atoms with E-state index in [-0.39, 0.29) is 0 Å². The highest BCUT2D eigenvalue weighted by molar-refractivity contribution is 5.89. The number of carbonyl (C=O) groups is 1. The van der Waals surface area contributed by atoms with Gasteiger partial charge in [-0.15, -0.1) is 0 Å². The Hall–Kier alpha value is -3.41. The highest BCUT2D eigenvalue weighted by atomic mass is 16.5. The number of hydrazone groups is 1. The van der Waals surface area contributed by atoms with Gasteiger partial charge in [-0.1, -0.05) is 48.0 Å². The van der Waals surface area contributed by atoms with Gasteiger partial charge in [0, 0.05) is 17.3 Å². The van der Waals surface area contributed by atoms with E-state index in [0.29, 0.717) is 0 Å². The fraction of sp³-hybridized carbons (Fsp3) is 0.105. The third kappa shape index (κ3) is 3.92. The van der Waals surface area contributed by atoms with Gasteiger partial charge in [-0.05, 0) is 19.1 Å². The van der Waals surface area contributed by atoms with Crippen molar-refractivity contribution in [1.29, 1.82) is 0 Å². The number of aryl methyl sites for hydroxylation is 1. The second-order valence-corrected chi connectivity index (χ2v) is 5.44. The molecule has 3 aromatic rings. The summed E-state index contributed by atoms with van der Waals surface area (Å²) >= 11 is 0. The lowest BCUT2D eigenvalue weighted by Crippen LogP contribution is -2.16. The molecule has 0 unspecified atom stereocenters. The summed E-state index contributed by atoms with van der Waals surface area (Å²) in [5, 5.41) is 8.60. The van der Waals surface area contributed by atoms with Crippen molar-refractivity contribution in [3.05, 3.63) is 71.9 Å². The highest BCUT2D eigenvalue weighted by Crippen LogP contribution is 2.23. The molecule has 0 aliphatic heterocycles. The van der Waals surface area contributed by atoms with Gasteiger partial charge in [-0.25, -0.2) is 14.9 Å². The average Bonchev–Trinajstić information content (AvgIpc) is 3.07. The van der Waals surface area contributed by atoms with E-state index < -0.39 is 6.09 Å². The number of nitrogens with one attached hydrogen (secondary N) is 1. The van der Waals surface area contributed by atoms with Crippen LogP contribution in [0.3, 0.4) is 0 Å². The molecule has 3 rings (SSSR count). The lowest BCUT2D eigenvalue weighted by atomic mass is 10.1. The highest BCUT2D eigenvalue weighted by Gasteiger charge is 2.11. The van der Waals surface area contributed by atoms with Crippen LogP contribution < -0.4 is 5.43 Å². The molecule has 25 heavy (non-hydrogen) atoms. The fourth-order valence-corrected chi connectivity index (χ4v) is 2.33. The number of methoxy groups -OCH3 is 1. The first kappa shape index (κ1) is 16.4. The van der Waals surface area contributed by atoms with Crippen LogP contribution in [-0.4, -0.2) is 29.2 Å². The molecule has 0 saturated heterocycles. The van der Waals surface area contributed by atoms with E-state index >= 15 is 0 Å². The van der Waals surface area contributed by atoms with Crippen LogP contribution in [0.2, 0.25) is 0 Å². The summed E-state index contributed by atoms with van der Waals surface area (Å²) in [6, 6.07) is 17.9. The lowest BCUT2D eigenvalue weighted by Gasteiger charge is -2.01. The van der Waals surface area contributed by atoms with E-state index in [4.69, 9.17) is 0 Å². The second kappa shape index (κ2) is 7.44. The molecule has 6 nitrogen and oxygen atoms in total. The third-order valence-electron chi connectivity index (χ3n) is 3.63. The smallest absolute Gasteiger partial charge is 0.427 e. The zero-order valence-corrected chi connectivity index (χ0v) is 14.0. The fourth-order valence-electron chi connectivity index (χ4n) is 2.33. The first-order valence-corrected chi connectivity index (χ1v) is 7.76. The number of hydrogen-bond acceptors (Lipinski definition) is 4. The molecule has 1 N–H and O–H groups in total. The Bertz CT molecular complexity index is 884. The third-order valence-corrected chi connectivity index (χ3v) is 3.63. The van der Waals surface area contributed by atoms with Crippen LogP contribution in [0.25, 0.3) is 16.9 Å². The SMILES string of the molecule is COC(=O)N/N=C\c1cn(-c2ccccc2)nc1-c1ccc(C)cc1. The maximum atomic E-state index is 11.2. The predicted octanol–water partition coefficient (Wildman–Crippen LogP) is 3.54. The molecule has 0 radical (unpaired) electrons. The van der Waals surface area contributed by atoms with Gasteiger partial charge < -0.3 is 4.74 Å². The van der Waals surface area contributed by atoms with Crippen molar-refractivity contribution in [3.63, 3.8) is 0 Å². The molecule has 126 valence electrons. The summed E-state index contributed by atoms with van der Waals surface area (Å²) in [4.78, 5) is 11.2.